The summed E-state index contributed by atoms with van der Waals surface area (Å²) in [5.74, 6) is -0.487. The van der Waals surface area contributed by atoms with E-state index >= 15 is 0 Å². The van der Waals surface area contributed by atoms with Crippen LogP contribution in [0.3, 0.4) is 0 Å². The van der Waals surface area contributed by atoms with Crippen molar-refractivity contribution in [1.29, 1.82) is 5.26 Å². The monoisotopic (exact) mass is 153 g/mol. The van der Waals surface area contributed by atoms with E-state index in [0.29, 0.717) is 0 Å². The van der Waals surface area contributed by atoms with Crippen molar-refractivity contribution in [2.45, 2.75) is 26.4 Å². The Labute approximate surface area is 66.3 Å². The van der Waals surface area contributed by atoms with Crippen LogP contribution in [0.1, 0.15) is 20.8 Å². The third-order valence-electron chi connectivity index (χ3n) is 0.701. The fraction of sp³-hybridized carbons (Fsp3) is 0.500. The van der Waals surface area contributed by atoms with Crippen molar-refractivity contribution in [3.8, 4) is 6.07 Å². The summed E-state index contributed by atoms with van der Waals surface area (Å²) < 4.78 is 4.86. The smallest absolute Gasteiger partial charge is 0.331 e. The van der Waals surface area contributed by atoms with Crippen LogP contribution < -0.4 is 0 Å². The number of ether oxygens (including phenoxy) is 1. The van der Waals surface area contributed by atoms with Crippen LogP contribution in [0.4, 0.5) is 0 Å². The Morgan fingerprint density at radius 2 is 2.09 bits per heavy atom. The van der Waals surface area contributed by atoms with Gasteiger partial charge in [-0.1, -0.05) is 0 Å². The fourth-order valence-corrected chi connectivity index (χ4v) is 0.441. The molecule has 0 bridgehead atoms. The van der Waals surface area contributed by atoms with Crippen LogP contribution in [0, 0.1) is 11.3 Å². The van der Waals surface area contributed by atoms with Crippen molar-refractivity contribution in [1.82, 2.24) is 0 Å². The quantitative estimate of drug-likeness (QED) is 0.325. The normalized spacial score (nSPS) is 11.1. The van der Waals surface area contributed by atoms with Gasteiger partial charge in [-0.25, -0.2) is 4.79 Å². The van der Waals surface area contributed by atoms with Crippen molar-refractivity contribution in [2.24, 2.45) is 0 Å². The van der Waals surface area contributed by atoms with Gasteiger partial charge in [-0.05, 0) is 20.8 Å². The molecule has 0 atom stereocenters. The summed E-state index contributed by atoms with van der Waals surface area (Å²) >= 11 is 0. The molecule has 0 saturated heterocycles. The number of allylic oxidation sites excluding steroid dienone is 1. The van der Waals surface area contributed by atoms with E-state index in [2.05, 4.69) is 0 Å². The minimum atomic E-state index is -0.489. The molecule has 11 heavy (non-hydrogen) atoms. The maximum absolute atomic E-state index is 10.8. The highest BCUT2D eigenvalue weighted by atomic mass is 16.6. The number of carbonyl (C=O) groups excluding carboxylic acids is 1. The van der Waals surface area contributed by atoms with Gasteiger partial charge in [0, 0.05) is 12.2 Å². The van der Waals surface area contributed by atoms with Crippen LogP contribution in [-0.4, -0.2) is 11.6 Å². The van der Waals surface area contributed by atoms with Crippen molar-refractivity contribution < 1.29 is 9.53 Å². The molecule has 0 heterocycles. The lowest BCUT2D eigenvalue weighted by Gasteiger charge is -2.17. The first-order valence-electron chi connectivity index (χ1n) is 3.25. The van der Waals surface area contributed by atoms with E-state index in [9.17, 15) is 4.79 Å². The third kappa shape index (κ3) is 6.59. The summed E-state index contributed by atoms with van der Waals surface area (Å²) in [5, 5.41) is 8.07. The van der Waals surface area contributed by atoms with Gasteiger partial charge < -0.3 is 4.74 Å². The van der Waals surface area contributed by atoms with Gasteiger partial charge in [0.05, 0.1) is 6.07 Å². The van der Waals surface area contributed by atoms with E-state index in [1.165, 1.54) is 0 Å². The number of nitrogens with zero attached hydrogens (tertiary/aromatic N) is 1. The largest absolute Gasteiger partial charge is 0.457 e. The molecule has 0 aromatic rings. The van der Waals surface area contributed by atoms with Crippen molar-refractivity contribution >= 4 is 5.97 Å². The Hall–Kier alpha value is -1.30. The average molecular weight is 153 g/mol. The van der Waals surface area contributed by atoms with Gasteiger partial charge in [-0.15, -0.1) is 0 Å². The lowest BCUT2D eigenvalue weighted by atomic mass is 10.2. The van der Waals surface area contributed by atoms with Gasteiger partial charge in [-0.3, -0.25) is 0 Å². The summed E-state index contributed by atoms with van der Waals surface area (Å²) in [7, 11) is 0. The van der Waals surface area contributed by atoms with E-state index in [0.717, 1.165) is 12.2 Å². The summed E-state index contributed by atoms with van der Waals surface area (Å²) in [4.78, 5) is 10.8. The third-order valence-corrected chi connectivity index (χ3v) is 0.701. The van der Waals surface area contributed by atoms with Gasteiger partial charge in [0.25, 0.3) is 0 Å². The molecular formula is C8H11NO2. The summed E-state index contributed by atoms with van der Waals surface area (Å²) in [5.41, 5.74) is -0.489. The summed E-state index contributed by atoms with van der Waals surface area (Å²) in [6, 6.07) is 1.70. The number of carbonyl (C=O) groups is 1. The van der Waals surface area contributed by atoms with Gasteiger partial charge in [0.1, 0.15) is 5.60 Å². The maximum Gasteiger partial charge on any atom is 0.331 e. The highest BCUT2D eigenvalue weighted by Gasteiger charge is 2.13. The SMILES string of the molecule is CC(C)(C)OC(=O)/C=C\C#N. The number of esters is 1. The van der Waals surface area contributed by atoms with Crippen LogP contribution in [-0.2, 0) is 9.53 Å². The highest BCUT2D eigenvalue weighted by molar-refractivity contribution is 5.82. The molecule has 0 amide bonds. The molecule has 0 fully saturated rings. The van der Waals surface area contributed by atoms with E-state index in [-0.39, 0.29) is 0 Å². The predicted molar refractivity (Wildman–Crippen MR) is 40.6 cm³/mol. The topological polar surface area (TPSA) is 50.1 Å². The van der Waals surface area contributed by atoms with Gasteiger partial charge in [-0.2, -0.15) is 5.26 Å². The van der Waals surface area contributed by atoms with Crippen LogP contribution in [0.25, 0.3) is 0 Å². The Bertz CT molecular complexity index is 205. The molecule has 0 aromatic carbocycles. The molecule has 3 nitrogen and oxygen atoms in total. The standard InChI is InChI=1S/C8H11NO2/c1-8(2,3)11-7(10)5-4-6-9/h4-5H,1-3H3/b5-4-. The molecule has 0 aliphatic carbocycles. The zero-order chi connectivity index (χ0) is 8.91. The van der Waals surface area contributed by atoms with Gasteiger partial charge in [0.15, 0.2) is 0 Å². The molecular weight excluding hydrogens is 142 g/mol. The Kier molecular flexibility index (Phi) is 3.32. The summed E-state index contributed by atoms with van der Waals surface area (Å²) in [6.07, 6.45) is 2.19. The van der Waals surface area contributed by atoms with E-state index in [1.54, 1.807) is 26.8 Å². The zero-order valence-electron chi connectivity index (χ0n) is 6.92. The minimum absolute atomic E-state index is 0.487. The first-order valence-corrected chi connectivity index (χ1v) is 3.25. The van der Waals surface area contributed by atoms with Gasteiger partial charge >= 0.3 is 5.97 Å². The van der Waals surface area contributed by atoms with Crippen LogP contribution >= 0.6 is 0 Å². The predicted octanol–water partition coefficient (Wildman–Crippen LogP) is 1.41. The molecule has 0 aliphatic heterocycles. The first-order chi connectivity index (χ1) is 4.95. The molecule has 0 aliphatic rings. The maximum atomic E-state index is 10.8. The molecule has 0 spiro atoms. The van der Waals surface area contributed by atoms with E-state index in [1.807, 2.05) is 0 Å². The minimum Gasteiger partial charge on any atom is -0.457 e. The molecule has 0 radical (unpaired) electrons. The first kappa shape index (κ1) is 9.70. The number of rotatable bonds is 1. The number of hydrogen-bond acceptors (Lipinski definition) is 3. The molecule has 0 saturated carbocycles. The lowest BCUT2D eigenvalue weighted by Crippen LogP contribution is -2.22. The lowest BCUT2D eigenvalue weighted by molar-refractivity contribution is -0.148. The van der Waals surface area contributed by atoms with Crippen molar-refractivity contribution in [3.05, 3.63) is 12.2 Å². The summed E-state index contributed by atoms with van der Waals surface area (Å²) in [6.45, 7) is 5.31. The highest BCUT2D eigenvalue weighted by Crippen LogP contribution is 2.06. The number of hydrogen-bond donors (Lipinski definition) is 0. The second-order valence-corrected chi connectivity index (χ2v) is 3.00. The molecule has 0 rings (SSSR count). The molecule has 3 heteroatoms. The van der Waals surface area contributed by atoms with Crippen LogP contribution in [0.2, 0.25) is 0 Å². The van der Waals surface area contributed by atoms with Crippen LogP contribution in [0.15, 0.2) is 12.2 Å². The van der Waals surface area contributed by atoms with Crippen LogP contribution in [0.5, 0.6) is 0 Å². The van der Waals surface area contributed by atoms with E-state index in [4.69, 9.17) is 10.00 Å². The Balaban J connectivity index is 3.92. The fourth-order valence-electron chi connectivity index (χ4n) is 0.441. The molecule has 0 unspecified atom stereocenters. The second-order valence-electron chi connectivity index (χ2n) is 3.00. The van der Waals surface area contributed by atoms with Crippen molar-refractivity contribution in [2.75, 3.05) is 0 Å². The second kappa shape index (κ2) is 3.77. The molecule has 0 aromatic heterocycles. The Morgan fingerprint density at radius 1 is 1.55 bits per heavy atom. The average Bonchev–Trinajstić information content (AvgIpc) is 1.79. The Morgan fingerprint density at radius 3 is 2.45 bits per heavy atom. The van der Waals surface area contributed by atoms with Gasteiger partial charge in [0.2, 0.25) is 0 Å². The van der Waals surface area contributed by atoms with Crippen molar-refractivity contribution in [3.63, 3.8) is 0 Å². The molecule has 0 N–H and O–H groups in total. The van der Waals surface area contributed by atoms with E-state index < -0.39 is 11.6 Å². The zero-order valence-corrected chi connectivity index (χ0v) is 6.92. The molecule has 60 valence electrons. The number of nitriles is 1.